The number of cyclic esters (lactones) is 1. The number of aromatic nitrogens is 1. The zero-order valence-corrected chi connectivity index (χ0v) is 31.0. The van der Waals surface area contributed by atoms with Crippen molar-refractivity contribution in [1.82, 2.24) is 20.1 Å². The van der Waals surface area contributed by atoms with Crippen LogP contribution >= 0.6 is 0 Å². The Bertz CT molecular complexity index is 1480. The Morgan fingerprint density at radius 3 is 2.65 bits per heavy atom. The fourth-order valence-electron chi connectivity index (χ4n) is 9.37. The third-order valence-corrected chi connectivity index (χ3v) is 12.3. The Hall–Kier alpha value is -3.23. The van der Waals surface area contributed by atoms with Gasteiger partial charge in [-0.25, -0.2) is 14.4 Å². The molecule has 1 spiro atoms. The predicted molar refractivity (Wildman–Crippen MR) is 188 cm³/mol. The van der Waals surface area contributed by atoms with E-state index in [-0.39, 0.29) is 12.3 Å². The van der Waals surface area contributed by atoms with E-state index >= 15 is 0 Å². The summed E-state index contributed by atoms with van der Waals surface area (Å²) < 4.78 is 30.9. The minimum Gasteiger partial charge on any atom is -0.456 e. The van der Waals surface area contributed by atoms with Gasteiger partial charge >= 0.3 is 18.0 Å². The molecule has 2 saturated heterocycles. The molecule has 3 N–H and O–H groups in total. The van der Waals surface area contributed by atoms with E-state index in [0.717, 1.165) is 44.7 Å². The molecule has 1 amide bonds. The minimum atomic E-state index is -1.03. The van der Waals surface area contributed by atoms with E-state index in [0.29, 0.717) is 12.2 Å². The first-order valence-corrected chi connectivity index (χ1v) is 18.5. The molecule has 4 bridgehead atoms. The molecule has 282 valence electrons. The van der Waals surface area contributed by atoms with Gasteiger partial charge < -0.3 is 48.9 Å². The Morgan fingerprint density at radius 1 is 1.22 bits per heavy atom. The number of carbonyl (C=O) groups excluding carboxylic acids is 3. The lowest BCUT2D eigenvalue weighted by molar-refractivity contribution is -0.172. The molecule has 51 heavy (non-hydrogen) atoms. The van der Waals surface area contributed by atoms with Crippen molar-refractivity contribution in [3.05, 3.63) is 47.8 Å². The summed E-state index contributed by atoms with van der Waals surface area (Å²) in [5, 5.41) is 15.0. The average Bonchev–Trinajstić information content (AvgIpc) is 3.68. The number of nitrogens with zero attached hydrogens (tertiary/aromatic N) is 2. The summed E-state index contributed by atoms with van der Waals surface area (Å²) in [5.74, 6) is -2.67. The number of aliphatic hydroxyl groups excluding tert-OH is 1. The van der Waals surface area contributed by atoms with Gasteiger partial charge in [-0.15, -0.1) is 0 Å². The topological polar surface area (TPSA) is 152 Å². The van der Waals surface area contributed by atoms with Crippen molar-refractivity contribution < 1.29 is 43.2 Å². The monoisotopic (exact) mass is 712 g/mol. The number of piperazine rings is 1. The minimum absolute atomic E-state index is 0.231. The van der Waals surface area contributed by atoms with Gasteiger partial charge in [0.2, 0.25) is 0 Å². The number of esters is 2. The van der Waals surface area contributed by atoms with Crippen LogP contribution in [0.2, 0.25) is 0 Å². The molecule has 2 aliphatic carbocycles. The van der Waals surface area contributed by atoms with Crippen LogP contribution < -0.4 is 5.32 Å². The van der Waals surface area contributed by atoms with Crippen LogP contribution in [-0.2, 0) is 28.5 Å². The fraction of sp³-hybridized carbons (Fsp3) is 0.711. The average molecular weight is 713 g/mol. The van der Waals surface area contributed by atoms with Crippen molar-refractivity contribution in [1.29, 1.82) is 0 Å². The molecule has 0 aromatic carbocycles. The highest BCUT2D eigenvalue weighted by atomic mass is 16.6. The molecule has 3 aliphatic heterocycles. The van der Waals surface area contributed by atoms with Crippen molar-refractivity contribution in [2.45, 2.75) is 89.7 Å². The molecule has 13 heteroatoms. The maximum atomic E-state index is 13.7. The van der Waals surface area contributed by atoms with Crippen LogP contribution in [0.5, 0.6) is 0 Å². The van der Waals surface area contributed by atoms with Gasteiger partial charge in [0.05, 0.1) is 6.10 Å². The molecule has 1 aromatic heterocycles. The van der Waals surface area contributed by atoms with Crippen LogP contribution in [0.25, 0.3) is 0 Å². The summed E-state index contributed by atoms with van der Waals surface area (Å²) in [4.78, 5) is 47.4. The van der Waals surface area contributed by atoms with Crippen molar-refractivity contribution >= 4 is 18.0 Å². The van der Waals surface area contributed by atoms with E-state index in [1.165, 1.54) is 7.11 Å². The second-order valence-electron chi connectivity index (χ2n) is 15.6. The van der Waals surface area contributed by atoms with E-state index in [1.807, 2.05) is 26.8 Å². The highest BCUT2D eigenvalue weighted by Gasteiger charge is 2.73. The van der Waals surface area contributed by atoms with Crippen molar-refractivity contribution in [3.8, 4) is 0 Å². The molecule has 1 saturated carbocycles. The molecule has 3 fully saturated rings. The van der Waals surface area contributed by atoms with Crippen LogP contribution in [0.1, 0.15) is 57.9 Å². The summed E-state index contributed by atoms with van der Waals surface area (Å²) in [5.41, 5.74) is -0.520. The second kappa shape index (κ2) is 15.0. The highest BCUT2D eigenvalue weighted by molar-refractivity contribution is 5.87. The number of hydrogen-bond acceptors (Lipinski definition) is 11. The molecular formula is C38H56N4O9. The maximum Gasteiger partial charge on any atom is 0.407 e. The van der Waals surface area contributed by atoms with Gasteiger partial charge in [0.1, 0.15) is 35.7 Å². The lowest BCUT2D eigenvalue weighted by atomic mass is 9.51. The van der Waals surface area contributed by atoms with Gasteiger partial charge in [-0.1, -0.05) is 39.0 Å². The molecule has 4 heterocycles. The van der Waals surface area contributed by atoms with Gasteiger partial charge in [0.25, 0.3) is 0 Å². The van der Waals surface area contributed by atoms with Crippen molar-refractivity contribution in [2.24, 2.45) is 29.1 Å². The number of aromatic amines is 1. The van der Waals surface area contributed by atoms with Gasteiger partial charge in [-0.3, -0.25) is 0 Å². The molecule has 12 atom stereocenters. The molecule has 1 aromatic rings. The number of carbonyl (C=O) groups is 3. The van der Waals surface area contributed by atoms with Gasteiger partial charge in [-0.05, 0) is 58.0 Å². The summed E-state index contributed by atoms with van der Waals surface area (Å²) in [6.07, 6.45) is 3.53. The summed E-state index contributed by atoms with van der Waals surface area (Å²) in [6, 6.07) is 3.38. The third-order valence-electron chi connectivity index (χ3n) is 12.3. The largest absolute Gasteiger partial charge is 0.456 e. The first-order chi connectivity index (χ1) is 24.3. The fourth-order valence-corrected chi connectivity index (χ4v) is 9.37. The Kier molecular flexibility index (Phi) is 11.1. The summed E-state index contributed by atoms with van der Waals surface area (Å²) >= 11 is 0. The van der Waals surface area contributed by atoms with Gasteiger partial charge in [0.15, 0.2) is 6.10 Å². The normalized spacial score (nSPS) is 40.0. The molecular weight excluding hydrogens is 656 g/mol. The quantitative estimate of drug-likeness (QED) is 0.150. The van der Waals surface area contributed by atoms with Crippen LogP contribution in [0.4, 0.5) is 4.79 Å². The SMILES string of the molecule is CO[C@H]1CC2C=C[C@]3(C)[C@H]4[C@H](O)[C@@H](C)[C@@H](OC(=O)c5ccc[nH]5)[C@@H]3O[C@@]24/C(C)=C/[C@@H](C)[C@@H]([C@@H](C)OC(=O)NCCCN2CCN(C)CC2)OC1=O. The number of hydrogen-bond donors (Lipinski definition) is 3. The van der Waals surface area contributed by atoms with E-state index in [4.69, 9.17) is 23.7 Å². The van der Waals surface area contributed by atoms with Crippen LogP contribution in [0.15, 0.2) is 42.1 Å². The zero-order valence-electron chi connectivity index (χ0n) is 31.0. The number of aliphatic hydroxyl groups is 1. The number of amides is 1. The van der Waals surface area contributed by atoms with Crippen LogP contribution in [-0.4, -0.2) is 134 Å². The smallest absolute Gasteiger partial charge is 0.407 e. The van der Waals surface area contributed by atoms with E-state index in [1.54, 1.807) is 25.3 Å². The predicted octanol–water partition coefficient (Wildman–Crippen LogP) is 3.16. The van der Waals surface area contributed by atoms with E-state index in [9.17, 15) is 19.5 Å². The molecule has 5 aliphatic rings. The van der Waals surface area contributed by atoms with Crippen LogP contribution in [0.3, 0.4) is 0 Å². The highest BCUT2D eigenvalue weighted by Crippen LogP contribution is 2.66. The van der Waals surface area contributed by atoms with Gasteiger partial charge in [-0.2, -0.15) is 0 Å². The number of alkyl carbamates (subject to hydrolysis) is 1. The lowest BCUT2D eigenvalue weighted by Crippen LogP contribution is -2.61. The number of H-pyrrole nitrogens is 1. The van der Waals surface area contributed by atoms with Crippen molar-refractivity contribution in [3.63, 3.8) is 0 Å². The maximum absolute atomic E-state index is 13.7. The first-order valence-electron chi connectivity index (χ1n) is 18.5. The Morgan fingerprint density at radius 2 is 1.96 bits per heavy atom. The number of ether oxygens (including phenoxy) is 5. The van der Waals surface area contributed by atoms with Crippen LogP contribution in [0, 0.1) is 29.1 Å². The molecule has 6 rings (SSSR count). The third kappa shape index (κ3) is 6.99. The number of nitrogens with one attached hydrogen (secondary N) is 2. The first kappa shape index (κ1) is 37.5. The number of likely N-dealkylation sites (N-methyl/N-ethyl adjacent to an activating group) is 1. The van der Waals surface area contributed by atoms with Crippen molar-refractivity contribution in [2.75, 3.05) is 53.4 Å². The second-order valence-corrected chi connectivity index (χ2v) is 15.6. The Balaban J connectivity index is 1.22. The summed E-state index contributed by atoms with van der Waals surface area (Å²) in [6.45, 7) is 15.1. The Labute approximate surface area is 301 Å². The van der Waals surface area contributed by atoms with E-state index in [2.05, 4.69) is 46.2 Å². The lowest BCUT2D eigenvalue weighted by Gasteiger charge is -2.53. The number of rotatable bonds is 9. The van der Waals surface area contributed by atoms with Gasteiger partial charge in [0, 0.05) is 75.1 Å². The number of methoxy groups -OCH3 is 1. The molecule has 13 nitrogen and oxygen atoms in total. The summed E-state index contributed by atoms with van der Waals surface area (Å²) in [7, 11) is 3.60. The molecule has 0 radical (unpaired) electrons. The standard InChI is InChI=1S/C38H56N4O9/c1-22-20-23(2)38-26(11-12-37(5)32(38)29(43)24(3)31(33(37)51-38)50-34(44)27-10-8-13-39-27)21-28(47-7)35(45)49-30(22)25(4)48-36(46)40-14-9-15-42-18-16-41(6)17-19-42/h8,10-13,20,22,24-26,28-33,39,43H,9,14-19,21H2,1-7H3,(H,40,46)/b23-20+/t22-,24-,25-,26?,28+,29-,30+,31-,32-,33+,37-,38+/m1/s1. The molecule has 1 unspecified atom stereocenters. The zero-order chi connectivity index (χ0) is 36.7. The van der Waals surface area contributed by atoms with E-state index < -0.39 is 83.4 Å².